The summed E-state index contributed by atoms with van der Waals surface area (Å²) >= 11 is 3.45. The lowest BCUT2D eigenvalue weighted by Gasteiger charge is -2.26. The summed E-state index contributed by atoms with van der Waals surface area (Å²) in [6.07, 6.45) is 1.05. The molecule has 0 spiro atoms. The van der Waals surface area contributed by atoms with Crippen molar-refractivity contribution in [2.75, 3.05) is 6.61 Å². The van der Waals surface area contributed by atoms with Gasteiger partial charge < -0.3 is 10.4 Å². The van der Waals surface area contributed by atoms with Crippen LogP contribution in [-0.4, -0.2) is 17.8 Å². The van der Waals surface area contributed by atoms with Crippen molar-refractivity contribution in [1.29, 1.82) is 0 Å². The molecule has 0 aliphatic rings. The zero-order valence-electron chi connectivity index (χ0n) is 10.8. The number of benzene rings is 1. The first kappa shape index (κ1) is 14.7. The van der Waals surface area contributed by atoms with E-state index in [4.69, 9.17) is 5.11 Å². The highest BCUT2D eigenvalue weighted by atomic mass is 79.9. The van der Waals surface area contributed by atoms with Gasteiger partial charge in [0.2, 0.25) is 0 Å². The van der Waals surface area contributed by atoms with E-state index in [9.17, 15) is 0 Å². The highest BCUT2D eigenvalue weighted by Crippen LogP contribution is 2.21. The minimum absolute atomic E-state index is 0.227. The van der Waals surface area contributed by atoms with E-state index in [2.05, 4.69) is 66.3 Å². The van der Waals surface area contributed by atoms with Gasteiger partial charge in [0.15, 0.2) is 0 Å². The molecule has 0 heterocycles. The normalized spacial score (nSPS) is 16.5. The molecule has 96 valence electrons. The van der Waals surface area contributed by atoms with Gasteiger partial charge in [-0.05, 0) is 37.0 Å². The van der Waals surface area contributed by atoms with Crippen LogP contribution in [0.4, 0.5) is 0 Å². The fraction of sp³-hybridized carbons (Fsp3) is 0.571. The van der Waals surface area contributed by atoms with Gasteiger partial charge in [0.25, 0.3) is 0 Å². The van der Waals surface area contributed by atoms with E-state index in [-0.39, 0.29) is 12.5 Å². The third-order valence-corrected chi connectivity index (χ3v) is 3.81. The van der Waals surface area contributed by atoms with Crippen LogP contribution >= 0.6 is 15.9 Å². The summed E-state index contributed by atoms with van der Waals surface area (Å²) in [6.45, 7) is 6.59. The van der Waals surface area contributed by atoms with E-state index in [0.717, 1.165) is 10.9 Å². The summed E-state index contributed by atoms with van der Waals surface area (Å²) < 4.78 is 1.10. The van der Waals surface area contributed by atoms with Gasteiger partial charge in [-0.25, -0.2) is 0 Å². The molecule has 0 amide bonds. The lowest BCUT2D eigenvalue weighted by atomic mass is 9.99. The zero-order valence-corrected chi connectivity index (χ0v) is 12.4. The Bertz CT molecular complexity index is 325. The summed E-state index contributed by atoms with van der Waals surface area (Å²) in [5, 5.41) is 12.7. The predicted molar refractivity (Wildman–Crippen MR) is 76.0 cm³/mol. The van der Waals surface area contributed by atoms with Gasteiger partial charge in [0.05, 0.1) is 0 Å². The molecule has 1 aromatic rings. The molecule has 0 bridgehead atoms. The molecule has 1 aromatic carbocycles. The van der Waals surface area contributed by atoms with Gasteiger partial charge in [0.1, 0.15) is 0 Å². The van der Waals surface area contributed by atoms with Crippen LogP contribution in [0.25, 0.3) is 0 Å². The first-order valence-electron chi connectivity index (χ1n) is 6.20. The number of aliphatic hydroxyl groups excluding tert-OH is 1. The average Bonchev–Trinajstić information content (AvgIpc) is 2.35. The fourth-order valence-corrected chi connectivity index (χ4v) is 2.05. The molecule has 0 fully saturated rings. The van der Waals surface area contributed by atoms with Gasteiger partial charge in [0, 0.05) is 23.2 Å². The second kappa shape index (κ2) is 7.14. The lowest BCUT2D eigenvalue weighted by Crippen LogP contribution is -2.36. The van der Waals surface area contributed by atoms with Crippen molar-refractivity contribution >= 4 is 15.9 Å². The molecule has 0 saturated carbocycles. The summed E-state index contributed by atoms with van der Waals surface area (Å²) in [5.74, 6) is 0.277. The van der Waals surface area contributed by atoms with Crippen molar-refractivity contribution in [1.82, 2.24) is 5.32 Å². The average molecular weight is 300 g/mol. The Kier molecular flexibility index (Phi) is 6.17. The highest BCUT2D eigenvalue weighted by molar-refractivity contribution is 9.10. The molecular weight excluding hydrogens is 278 g/mol. The summed E-state index contributed by atoms with van der Waals surface area (Å²) in [4.78, 5) is 0. The topological polar surface area (TPSA) is 32.3 Å². The number of halogens is 1. The standard InChI is InChI=1S/C14H22BrNO/c1-4-14(16-11(3)10(2)9-17)12-5-7-13(15)8-6-12/h5-8,10-11,14,16-17H,4,9H2,1-3H3. The van der Waals surface area contributed by atoms with Gasteiger partial charge in [-0.2, -0.15) is 0 Å². The molecule has 3 unspecified atom stereocenters. The SMILES string of the molecule is CCC(NC(C)C(C)CO)c1ccc(Br)cc1. The van der Waals surface area contributed by atoms with Crippen LogP contribution in [0.15, 0.2) is 28.7 Å². The summed E-state index contributed by atoms with van der Waals surface area (Å²) in [6, 6.07) is 9.09. The minimum atomic E-state index is 0.227. The predicted octanol–water partition coefficient (Wildman–Crippen LogP) is 3.51. The van der Waals surface area contributed by atoms with Crippen LogP contribution in [0.5, 0.6) is 0 Å². The molecule has 2 N–H and O–H groups in total. The Labute approximate surface area is 113 Å². The number of rotatable bonds is 6. The van der Waals surface area contributed by atoms with E-state index in [0.29, 0.717) is 12.1 Å². The molecule has 2 nitrogen and oxygen atoms in total. The summed E-state index contributed by atoms with van der Waals surface area (Å²) in [5.41, 5.74) is 1.30. The molecular formula is C14H22BrNO. The van der Waals surface area contributed by atoms with Crippen molar-refractivity contribution in [2.24, 2.45) is 5.92 Å². The van der Waals surface area contributed by atoms with Crippen LogP contribution in [-0.2, 0) is 0 Å². The maximum atomic E-state index is 9.15. The molecule has 0 aliphatic heterocycles. The van der Waals surface area contributed by atoms with Crippen LogP contribution < -0.4 is 5.32 Å². The van der Waals surface area contributed by atoms with E-state index in [1.165, 1.54) is 5.56 Å². The molecule has 3 heteroatoms. The number of aliphatic hydroxyl groups is 1. The van der Waals surface area contributed by atoms with Crippen molar-refractivity contribution in [3.63, 3.8) is 0 Å². The number of hydrogen-bond acceptors (Lipinski definition) is 2. The van der Waals surface area contributed by atoms with E-state index >= 15 is 0 Å². The Morgan fingerprint density at radius 1 is 1.24 bits per heavy atom. The largest absolute Gasteiger partial charge is 0.396 e. The smallest absolute Gasteiger partial charge is 0.0471 e. The van der Waals surface area contributed by atoms with Gasteiger partial charge in [-0.3, -0.25) is 0 Å². The van der Waals surface area contributed by atoms with Crippen molar-refractivity contribution in [3.8, 4) is 0 Å². The molecule has 0 aliphatic carbocycles. The monoisotopic (exact) mass is 299 g/mol. The first-order valence-corrected chi connectivity index (χ1v) is 7.00. The van der Waals surface area contributed by atoms with Crippen molar-refractivity contribution in [3.05, 3.63) is 34.3 Å². The third-order valence-electron chi connectivity index (χ3n) is 3.29. The van der Waals surface area contributed by atoms with E-state index < -0.39 is 0 Å². The Morgan fingerprint density at radius 3 is 2.29 bits per heavy atom. The Hall–Kier alpha value is -0.380. The molecule has 3 atom stereocenters. The summed E-state index contributed by atoms with van der Waals surface area (Å²) in [7, 11) is 0. The Morgan fingerprint density at radius 2 is 1.82 bits per heavy atom. The molecule has 0 radical (unpaired) electrons. The van der Waals surface area contributed by atoms with E-state index in [1.54, 1.807) is 0 Å². The Balaban J connectivity index is 2.68. The van der Waals surface area contributed by atoms with Crippen LogP contribution in [0.3, 0.4) is 0 Å². The van der Waals surface area contributed by atoms with E-state index in [1.807, 2.05) is 0 Å². The molecule has 0 aromatic heterocycles. The lowest BCUT2D eigenvalue weighted by molar-refractivity contribution is 0.200. The maximum absolute atomic E-state index is 9.15. The second-order valence-electron chi connectivity index (χ2n) is 4.63. The second-order valence-corrected chi connectivity index (χ2v) is 5.54. The maximum Gasteiger partial charge on any atom is 0.0471 e. The van der Waals surface area contributed by atoms with Gasteiger partial charge >= 0.3 is 0 Å². The number of nitrogens with one attached hydrogen (secondary N) is 1. The molecule has 17 heavy (non-hydrogen) atoms. The van der Waals surface area contributed by atoms with Crippen molar-refractivity contribution < 1.29 is 5.11 Å². The van der Waals surface area contributed by atoms with Crippen LogP contribution in [0, 0.1) is 5.92 Å². The van der Waals surface area contributed by atoms with Gasteiger partial charge in [-0.1, -0.05) is 41.9 Å². The molecule has 1 rings (SSSR count). The quantitative estimate of drug-likeness (QED) is 0.842. The van der Waals surface area contributed by atoms with Gasteiger partial charge in [-0.15, -0.1) is 0 Å². The van der Waals surface area contributed by atoms with Crippen LogP contribution in [0.1, 0.15) is 38.8 Å². The number of hydrogen-bond donors (Lipinski definition) is 2. The minimum Gasteiger partial charge on any atom is -0.396 e. The fourth-order valence-electron chi connectivity index (χ4n) is 1.78. The highest BCUT2D eigenvalue weighted by Gasteiger charge is 2.16. The van der Waals surface area contributed by atoms with Crippen LogP contribution in [0.2, 0.25) is 0 Å². The molecule has 0 saturated heterocycles. The van der Waals surface area contributed by atoms with Crippen molar-refractivity contribution in [2.45, 2.75) is 39.3 Å². The first-order chi connectivity index (χ1) is 8.08. The third kappa shape index (κ3) is 4.41. The zero-order chi connectivity index (χ0) is 12.8.